The number of benzene rings is 1. The molecule has 1 aliphatic heterocycles. The Balaban J connectivity index is 2.03. The molecule has 1 fully saturated rings. The molecule has 0 bridgehead atoms. The summed E-state index contributed by atoms with van der Waals surface area (Å²) in [5, 5.41) is 2.70. The molecule has 0 spiro atoms. The van der Waals surface area contributed by atoms with Crippen molar-refractivity contribution in [2.24, 2.45) is 11.7 Å². The summed E-state index contributed by atoms with van der Waals surface area (Å²) in [5.74, 6) is -1.04. The quantitative estimate of drug-likeness (QED) is 0.868. The van der Waals surface area contributed by atoms with Gasteiger partial charge in [0.1, 0.15) is 5.82 Å². The number of halogens is 1. The molecule has 1 heterocycles. The molecule has 108 valence electrons. The summed E-state index contributed by atoms with van der Waals surface area (Å²) in [4.78, 5) is 25.0. The van der Waals surface area contributed by atoms with Gasteiger partial charge in [0.2, 0.25) is 5.91 Å². The fourth-order valence-electron chi connectivity index (χ4n) is 2.35. The van der Waals surface area contributed by atoms with E-state index in [2.05, 4.69) is 5.32 Å². The van der Waals surface area contributed by atoms with Crippen molar-refractivity contribution >= 4 is 17.6 Å². The third-order valence-electron chi connectivity index (χ3n) is 3.64. The van der Waals surface area contributed by atoms with Crippen molar-refractivity contribution < 1.29 is 14.0 Å². The molecule has 6 heteroatoms. The number of piperidine rings is 1. The molecule has 1 aliphatic rings. The second-order valence-electron chi connectivity index (χ2n) is 5.12. The summed E-state index contributed by atoms with van der Waals surface area (Å²) >= 11 is 0. The highest BCUT2D eigenvalue weighted by atomic mass is 19.1. The van der Waals surface area contributed by atoms with E-state index in [0.717, 1.165) is 6.42 Å². The van der Waals surface area contributed by atoms with Crippen molar-refractivity contribution in [3.05, 3.63) is 30.1 Å². The van der Waals surface area contributed by atoms with E-state index in [-0.39, 0.29) is 29.7 Å². The normalized spacial score (nSPS) is 22.4. The molecule has 5 nitrogen and oxygen atoms in total. The van der Waals surface area contributed by atoms with Crippen LogP contribution in [-0.2, 0) is 4.79 Å². The molecule has 20 heavy (non-hydrogen) atoms. The minimum Gasteiger partial charge on any atom is -0.369 e. The van der Waals surface area contributed by atoms with E-state index >= 15 is 0 Å². The number of hydrogen-bond donors (Lipinski definition) is 2. The third kappa shape index (κ3) is 3.26. The number of rotatable bonds is 2. The van der Waals surface area contributed by atoms with Crippen LogP contribution in [0.15, 0.2) is 24.3 Å². The van der Waals surface area contributed by atoms with Gasteiger partial charge < -0.3 is 16.0 Å². The first-order valence-corrected chi connectivity index (χ1v) is 6.60. The van der Waals surface area contributed by atoms with Crippen LogP contribution >= 0.6 is 0 Å². The number of hydrogen-bond acceptors (Lipinski definition) is 2. The average Bonchev–Trinajstić information content (AvgIpc) is 2.41. The molecule has 0 aromatic heterocycles. The summed E-state index contributed by atoms with van der Waals surface area (Å²) in [6.07, 6.45) is 1.45. The van der Waals surface area contributed by atoms with Gasteiger partial charge in [-0.05, 0) is 44.0 Å². The Hall–Kier alpha value is -2.11. The molecule has 3 amide bonds. The Morgan fingerprint density at radius 1 is 1.30 bits per heavy atom. The zero-order valence-corrected chi connectivity index (χ0v) is 11.3. The molecule has 0 saturated carbocycles. The van der Waals surface area contributed by atoms with Crippen LogP contribution in [0.3, 0.4) is 0 Å². The topological polar surface area (TPSA) is 75.4 Å². The van der Waals surface area contributed by atoms with E-state index in [1.54, 1.807) is 4.90 Å². The maximum Gasteiger partial charge on any atom is 0.322 e. The van der Waals surface area contributed by atoms with Crippen LogP contribution in [0.2, 0.25) is 0 Å². The van der Waals surface area contributed by atoms with Crippen LogP contribution in [0.1, 0.15) is 19.8 Å². The predicted molar refractivity (Wildman–Crippen MR) is 73.5 cm³/mol. The second-order valence-corrected chi connectivity index (χ2v) is 5.12. The average molecular weight is 279 g/mol. The molecule has 1 saturated heterocycles. The summed E-state index contributed by atoms with van der Waals surface area (Å²) in [6, 6.07) is 5.30. The molecular formula is C14H18FN3O2. The molecule has 0 unspecified atom stereocenters. The number of nitrogens with two attached hydrogens (primary N) is 1. The molecule has 2 atom stereocenters. The molecular weight excluding hydrogens is 261 g/mol. The SMILES string of the molecule is C[C@@H]1CC[C@@H](C(N)=O)CN1C(=O)Nc1ccc(F)cc1. The molecule has 1 aromatic rings. The van der Waals surface area contributed by atoms with E-state index in [1.165, 1.54) is 24.3 Å². The number of anilines is 1. The summed E-state index contributed by atoms with van der Waals surface area (Å²) in [6.45, 7) is 2.25. The lowest BCUT2D eigenvalue weighted by atomic mass is 9.93. The lowest BCUT2D eigenvalue weighted by molar-refractivity contribution is -0.123. The Labute approximate surface area is 116 Å². The Bertz CT molecular complexity index is 504. The second kappa shape index (κ2) is 5.90. The number of amides is 3. The van der Waals surface area contributed by atoms with Gasteiger partial charge in [-0.3, -0.25) is 4.79 Å². The highest BCUT2D eigenvalue weighted by molar-refractivity contribution is 5.90. The Morgan fingerprint density at radius 2 is 1.95 bits per heavy atom. The summed E-state index contributed by atoms with van der Waals surface area (Å²) in [7, 11) is 0. The van der Waals surface area contributed by atoms with Crippen LogP contribution in [0, 0.1) is 11.7 Å². The van der Waals surface area contributed by atoms with Gasteiger partial charge in [0.25, 0.3) is 0 Å². The van der Waals surface area contributed by atoms with E-state index in [9.17, 15) is 14.0 Å². The van der Waals surface area contributed by atoms with Crippen molar-refractivity contribution in [3.63, 3.8) is 0 Å². The van der Waals surface area contributed by atoms with Gasteiger partial charge in [-0.25, -0.2) is 9.18 Å². The molecule has 1 aromatic carbocycles. The van der Waals surface area contributed by atoms with Gasteiger partial charge in [0, 0.05) is 18.3 Å². The first-order valence-electron chi connectivity index (χ1n) is 6.60. The van der Waals surface area contributed by atoms with Crippen molar-refractivity contribution in [1.29, 1.82) is 0 Å². The lowest BCUT2D eigenvalue weighted by Gasteiger charge is -2.36. The first kappa shape index (κ1) is 14.3. The molecule has 0 aliphatic carbocycles. The van der Waals surface area contributed by atoms with Gasteiger partial charge in [-0.1, -0.05) is 0 Å². The van der Waals surface area contributed by atoms with Crippen LogP contribution in [0.25, 0.3) is 0 Å². The van der Waals surface area contributed by atoms with Crippen molar-refractivity contribution in [3.8, 4) is 0 Å². The van der Waals surface area contributed by atoms with E-state index in [1.807, 2.05) is 6.92 Å². The smallest absolute Gasteiger partial charge is 0.322 e. The predicted octanol–water partition coefficient (Wildman–Crippen LogP) is 1.94. The Kier molecular flexibility index (Phi) is 4.22. The number of carbonyl (C=O) groups excluding carboxylic acids is 2. The molecule has 3 N–H and O–H groups in total. The standard InChI is InChI=1S/C14H18FN3O2/c1-9-2-3-10(13(16)19)8-18(9)14(20)17-12-6-4-11(15)5-7-12/h4-7,9-10H,2-3,8H2,1H3,(H2,16,19)(H,17,20)/t9-,10-/m1/s1. The van der Waals surface area contributed by atoms with Gasteiger partial charge in [-0.15, -0.1) is 0 Å². The number of urea groups is 1. The fraction of sp³-hybridized carbons (Fsp3) is 0.429. The first-order chi connectivity index (χ1) is 9.47. The van der Waals surface area contributed by atoms with Crippen LogP contribution in [-0.4, -0.2) is 29.4 Å². The maximum absolute atomic E-state index is 12.8. The van der Waals surface area contributed by atoms with Crippen LogP contribution in [0.4, 0.5) is 14.9 Å². The van der Waals surface area contributed by atoms with Gasteiger partial charge in [-0.2, -0.15) is 0 Å². The number of nitrogens with one attached hydrogen (secondary N) is 1. The third-order valence-corrected chi connectivity index (χ3v) is 3.64. The van der Waals surface area contributed by atoms with Crippen LogP contribution < -0.4 is 11.1 Å². The number of carbonyl (C=O) groups is 2. The number of likely N-dealkylation sites (tertiary alicyclic amines) is 1. The highest BCUT2D eigenvalue weighted by Gasteiger charge is 2.31. The van der Waals surface area contributed by atoms with E-state index < -0.39 is 0 Å². The zero-order valence-electron chi connectivity index (χ0n) is 11.3. The van der Waals surface area contributed by atoms with Gasteiger partial charge in [0.05, 0.1) is 5.92 Å². The van der Waals surface area contributed by atoms with Crippen LogP contribution in [0.5, 0.6) is 0 Å². The van der Waals surface area contributed by atoms with Gasteiger partial charge >= 0.3 is 6.03 Å². The molecule has 2 rings (SSSR count). The number of primary amides is 1. The van der Waals surface area contributed by atoms with E-state index in [0.29, 0.717) is 18.7 Å². The molecule has 0 radical (unpaired) electrons. The minimum atomic E-state index is -0.378. The minimum absolute atomic E-state index is 0.0473. The summed E-state index contributed by atoms with van der Waals surface area (Å²) in [5.41, 5.74) is 5.82. The van der Waals surface area contributed by atoms with Crippen molar-refractivity contribution in [2.75, 3.05) is 11.9 Å². The zero-order chi connectivity index (χ0) is 14.7. The highest BCUT2D eigenvalue weighted by Crippen LogP contribution is 2.22. The van der Waals surface area contributed by atoms with Gasteiger partial charge in [0.15, 0.2) is 0 Å². The number of nitrogens with zero attached hydrogens (tertiary/aromatic N) is 1. The van der Waals surface area contributed by atoms with Crippen molar-refractivity contribution in [2.45, 2.75) is 25.8 Å². The lowest BCUT2D eigenvalue weighted by Crippen LogP contribution is -2.50. The largest absolute Gasteiger partial charge is 0.369 e. The maximum atomic E-state index is 12.8. The summed E-state index contributed by atoms with van der Waals surface area (Å²) < 4.78 is 12.8. The monoisotopic (exact) mass is 279 g/mol. The Morgan fingerprint density at radius 3 is 2.55 bits per heavy atom. The van der Waals surface area contributed by atoms with E-state index in [4.69, 9.17) is 5.73 Å². The fourth-order valence-corrected chi connectivity index (χ4v) is 2.35. The van der Waals surface area contributed by atoms with Crippen molar-refractivity contribution in [1.82, 2.24) is 4.90 Å².